The second-order valence-electron chi connectivity index (χ2n) is 7.82. The van der Waals surface area contributed by atoms with Gasteiger partial charge in [0, 0.05) is 10.7 Å². The average Bonchev–Trinajstić information content (AvgIpc) is 2.87. The van der Waals surface area contributed by atoms with Crippen LogP contribution in [-0.4, -0.2) is 37.5 Å². The van der Waals surface area contributed by atoms with Gasteiger partial charge in [0.25, 0.3) is 17.7 Å². The molecule has 0 atom stereocenters. The highest BCUT2D eigenvalue weighted by Crippen LogP contribution is 2.37. The minimum atomic E-state index is -0.919. The minimum Gasteiger partial charge on any atom is -0.493 e. The number of imide groups is 2. The third-order valence-corrected chi connectivity index (χ3v) is 5.72. The van der Waals surface area contributed by atoms with E-state index in [0.29, 0.717) is 10.7 Å². The van der Waals surface area contributed by atoms with E-state index in [4.69, 9.17) is 32.7 Å². The van der Waals surface area contributed by atoms with Crippen LogP contribution in [0.4, 0.5) is 20.6 Å². The lowest BCUT2D eigenvalue weighted by atomic mass is 10.1. The Morgan fingerprint density at radius 1 is 1.08 bits per heavy atom. The number of nitrogens with zero attached hydrogens (tertiary/aromatic N) is 1. The van der Waals surface area contributed by atoms with Crippen molar-refractivity contribution in [3.05, 3.63) is 87.7 Å². The number of ether oxygens (including phenoxy) is 2. The van der Waals surface area contributed by atoms with E-state index < -0.39 is 36.2 Å². The van der Waals surface area contributed by atoms with Crippen molar-refractivity contribution in [1.82, 2.24) is 5.32 Å². The van der Waals surface area contributed by atoms with Gasteiger partial charge in [-0.3, -0.25) is 19.7 Å². The molecule has 38 heavy (non-hydrogen) atoms. The molecule has 1 fully saturated rings. The van der Waals surface area contributed by atoms with Crippen molar-refractivity contribution in [2.45, 2.75) is 0 Å². The number of anilines is 2. The molecule has 3 aromatic rings. The first kappa shape index (κ1) is 26.6. The molecule has 0 aliphatic carbocycles. The normalized spacial score (nSPS) is 14.4. The van der Waals surface area contributed by atoms with Gasteiger partial charge in [0.2, 0.25) is 0 Å². The van der Waals surface area contributed by atoms with E-state index in [1.54, 1.807) is 12.1 Å². The molecule has 0 unspecified atom stereocenters. The standard InChI is InChI=1S/C26H18Cl2FN3O6/c1-37-21-11-14(10-20(28)23(21)38-13-22(33)30-17-7-5-16(29)6-8-17)9-19-24(34)31-26(36)32(25(19)35)18-4-2-3-15(27)12-18/h2-12H,13H2,1H3,(H,30,33)(H,31,34,36)/b19-9+. The van der Waals surface area contributed by atoms with Crippen LogP contribution in [0.1, 0.15) is 5.56 Å². The number of barbiturate groups is 1. The molecule has 0 bridgehead atoms. The van der Waals surface area contributed by atoms with Gasteiger partial charge in [-0.2, -0.15) is 0 Å². The predicted molar refractivity (Wildman–Crippen MR) is 139 cm³/mol. The second-order valence-corrected chi connectivity index (χ2v) is 8.66. The number of amides is 5. The summed E-state index contributed by atoms with van der Waals surface area (Å²) < 4.78 is 23.9. The van der Waals surface area contributed by atoms with Crippen LogP contribution in [-0.2, 0) is 14.4 Å². The molecule has 9 nitrogen and oxygen atoms in total. The lowest BCUT2D eigenvalue weighted by Gasteiger charge is -2.26. The first-order valence-corrected chi connectivity index (χ1v) is 11.6. The van der Waals surface area contributed by atoms with Gasteiger partial charge >= 0.3 is 6.03 Å². The number of benzene rings is 3. The Balaban J connectivity index is 1.55. The van der Waals surface area contributed by atoms with Crippen molar-refractivity contribution in [3.63, 3.8) is 0 Å². The van der Waals surface area contributed by atoms with Gasteiger partial charge in [-0.15, -0.1) is 0 Å². The SMILES string of the molecule is COc1cc(/C=C2\C(=O)NC(=O)N(c3cccc(Cl)c3)C2=O)cc(Cl)c1OCC(=O)Nc1ccc(F)cc1. The van der Waals surface area contributed by atoms with Crippen LogP contribution in [0.25, 0.3) is 6.08 Å². The molecule has 3 aromatic carbocycles. The van der Waals surface area contributed by atoms with Crippen molar-refractivity contribution < 1.29 is 33.0 Å². The number of rotatable bonds is 7. The molecule has 1 saturated heterocycles. The van der Waals surface area contributed by atoms with Crippen LogP contribution in [0.3, 0.4) is 0 Å². The van der Waals surface area contributed by atoms with Crippen LogP contribution < -0.4 is 25.0 Å². The van der Waals surface area contributed by atoms with E-state index in [1.165, 1.54) is 61.7 Å². The van der Waals surface area contributed by atoms with Crippen molar-refractivity contribution in [2.24, 2.45) is 0 Å². The minimum absolute atomic E-state index is 0.0252. The summed E-state index contributed by atoms with van der Waals surface area (Å²) in [7, 11) is 1.34. The zero-order chi connectivity index (χ0) is 27.4. The van der Waals surface area contributed by atoms with Crippen molar-refractivity contribution in [1.29, 1.82) is 0 Å². The number of methoxy groups -OCH3 is 1. The van der Waals surface area contributed by atoms with E-state index >= 15 is 0 Å². The fraction of sp³-hybridized carbons (Fsp3) is 0.0769. The molecule has 0 spiro atoms. The van der Waals surface area contributed by atoms with Gasteiger partial charge in [-0.1, -0.05) is 29.3 Å². The quantitative estimate of drug-likeness (QED) is 0.318. The molecule has 194 valence electrons. The Bertz CT molecular complexity index is 1480. The molecule has 1 aliphatic rings. The molecule has 1 heterocycles. The van der Waals surface area contributed by atoms with Gasteiger partial charge in [0.05, 0.1) is 17.8 Å². The monoisotopic (exact) mass is 557 g/mol. The van der Waals surface area contributed by atoms with Crippen molar-refractivity contribution in [3.8, 4) is 11.5 Å². The van der Waals surface area contributed by atoms with E-state index in [9.17, 15) is 23.6 Å². The summed E-state index contributed by atoms with van der Waals surface area (Å²) in [6.07, 6.45) is 1.24. The summed E-state index contributed by atoms with van der Waals surface area (Å²) in [5.41, 5.74) is 0.501. The summed E-state index contributed by atoms with van der Waals surface area (Å²) >= 11 is 12.3. The zero-order valence-electron chi connectivity index (χ0n) is 19.6. The molecule has 12 heteroatoms. The number of hydrogen-bond donors (Lipinski definition) is 2. The van der Waals surface area contributed by atoms with Gasteiger partial charge < -0.3 is 14.8 Å². The number of urea groups is 1. The number of hydrogen-bond acceptors (Lipinski definition) is 6. The van der Waals surface area contributed by atoms with Crippen LogP contribution >= 0.6 is 23.2 Å². The molecule has 2 N–H and O–H groups in total. The van der Waals surface area contributed by atoms with Gasteiger partial charge in [0.1, 0.15) is 11.4 Å². The smallest absolute Gasteiger partial charge is 0.335 e. The van der Waals surface area contributed by atoms with E-state index in [1.807, 2.05) is 0 Å². The number of carbonyl (C=O) groups is 4. The summed E-state index contributed by atoms with van der Waals surface area (Å²) in [5.74, 6) is -2.58. The third kappa shape index (κ3) is 5.93. The first-order valence-electron chi connectivity index (χ1n) is 10.9. The fourth-order valence-electron chi connectivity index (χ4n) is 3.51. The van der Waals surface area contributed by atoms with E-state index in [2.05, 4.69) is 10.6 Å². The molecule has 0 aromatic heterocycles. The maximum absolute atomic E-state index is 13.1. The second kappa shape index (κ2) is 11.3. The fourth-order valence-corrected chi connectivity index (χ4v) is 3.96. The highest BCUT2D eigenvalue weighted by molar-refractivity contribution is 6.39. The Morgan fingerprint density at radius 3 is 2.50 bits per heavy atom. The highest BCUT2D eigenvalue weighted by atomic mass is 35.5. The van der Waals surface area contributed by atoms with Crippen LogP contribution in [0.15, 0.2) is 66.2 Å². The largest absolute Gasteiger partial charge is 0.493 e. The van der Waals surface area contributed by atoms with Gasteiger partial charge in [0.15, 0.2) is 18.1 Å². The Labute approximate surface area is 225 Å². The molecule has 4 rings (SSSR count). The average molecular weight is 558 g/mol. The predicted octanol–water partition coefficient (Wildman–Crippen LogP) is 4.83. The maximum Gasteiger partial charge on any atom is 0.335 e. The zero-order valence-corrected chi connectivity index (χ0v) is 21.1. The lowest BCUT2D eigenvalue weighted by molar-refractivity contribution is -0.122. The molecule has 0 saturated carbocycles. The third-order valence-electron chi connectivity index (χ3n) is 5.21. The van der Waals surface area contributed by atoms with Crippen LogP contribution in [0.5, 0.6) is 11.5 Å². The number of nitrogens with one attached hydrogen (secondary N) is 2. The first-order chi connectivity index (χ1) is 18.2. The highest BCUT2D eigenvalue weighted by Gasteiger charge is 2.37. The van der Waals surface area contributed by atoms with Crippen LogP contribution in [0.2, 0.25) is 10.0 Å². The summed E-state index contributed by atoms with van der Waals surface area (Å²) in [6, 6.07) is 13.1. The Hall–Kier alpha value is -4.41. The molecular weight excluding hydrogens is 540 g/mol. The summed E-state index contributed by atoms with van der Waals surface area (Å²) in [4.78, 5) is 51.0. The van der Waals surface area contributed by atoms with E-state index in [0.717, 1.165) is 4.90 Å². The summed E-state index contributed by atoms with van der Waals surface area (Å²) in [5, 5.41) is 4.99. The summed E-state index contributed by atoms with van der Waals surface area (Å²) in [6.45, 7) is -0.439. The maximum atomic E-state index is 13.1. The van der Waals surface area contributed by atoms with Gasteiger partial charge in [-0.05, 0) is 66.2 Å². The Kier molecular flexibility index (Phi) is 7.94. The van der Waals surface area contributed by atoms with Crippen molar-refractivity contribution in [2.75, 3.05) is 23.9 Å². The van der Waals surface area contributed by atoms with E-state index in [-0.39, 0.29) is 33.3 Å². The lowest BCUT2D eigenvalue weighted by Crippen LogP contribution is -2.54. The molecule has 0 radical (unpaired) electrons. The van der Waals surface area contributed by atoms with Gasteiger partial charge in [-0.25, -0.2) is 14.1 Å². The van der Waals surface area contributed by atoms with Crippen LogP contribution in [0, 0.1) is 5.82 Å². The number of halogens is 3. The molecule has 1 aliphatic heterocycles. The van der Waals surface area contributed by atoms with Crippen molar-refractivity contribution >= 4 is 64.4 Å². The molecular formula is C26H18Cl2FN3O6. The Morgan fingerprint density at radius 2 is 1.82 bits per heavy atom. The topological polar surface area (TPSA) is 114 Å². The number of carbonyl (C=O) groups excluding carboxylic acids is 4. The molecule has 5 amide bonds.